The van der Waals surface area contributed by atoms with Gasteiger partial charge in [0.05, 0.1) is 7.11 Å². The zero-order chi connectivity index (χ0) is 17.6. The van der Waals surface area contributed by atoms with Crippen molar-refractivity contribution in [3.63, 3.8) is 0 Å². The second-order valence-electron chi connectivity index (χ2n) is 7.46. The molecular formula is C20H31N3O2. The van der Waals surface area contributed by atoms with Crippen molar-refractivity contribution >= 4 is 5.91 Å². The van der Waals surface area contributed by atoms with Crippen LogP contribution in [0.4, 0.5) is 0 Å². The summed E-state index contributed by atoms with van der Waals surface area (Å²) in [6, 6.07) is 8.03. The van der Waals surface area contributed by atoms with Gasteiger partial charge in [0.15, 0.2) is 0 Å². The Kier molecular flexibility index (Phi) is 6.32. The molecule has 1 saturated heterocycles. The number of rotatable bonds is 7. The van der Waals surface area contributed by atoms with Crippen molar-refractivity contribution in [2.24, 2.45) is 5.92 Å². The molecule has 5 heteroatoms. The number of likely N-dealkylation sites (N-methyl/N-ethyl adjacent to an activating group) is 1. The number of carbonyl (C=O) groups is 1. The maximum absolute atomic E-state index is 12.7. The Labute approximate surface area is 151 Å². The van der Waals surface area contributed by atoms with E-state index < -0.39 is 0 Å². The quantitative estimate of drug-likeness (QED) is 0.798. The van der Waals surface area contributed by atoms with Gasteiger partial charge in [-0.05, 0) is 42.9 Å². The Morgan fingerprint density at radius 1 is 1.20 bits per heavy atom. The standard InChI is InChI=1S/C20H31N3O2/c1-23(13-5-8-15-6-3-4-7-15)20(24)19-14-18(21-22-19)16-9-11-17(25-2)12-10-16/h9-12,15,18-19,21-22H,3-8,13-14H2,1-2H3. The maximum atomic E-state index is 12.7. The van der Waals surface area contributed by atoms with Crippen molar-refractivity contribution in [3.05, 3.63) is 29.8 Å². The van der Waals surface area contributed by atoms with E-state index in [1.165, 1.54) is 37.7 Å². The third kappa shape index (κ3) is 4.73. The molecule has 2 fully saturated rings. The second kappa shape index (κ2) is 8.68. The summed E-state index contributed by atoms with van der Waals surface area (Å²) in [4.78, 5) is 14.5. The van der Waals surface area contributed by atoms with Crippen molar-refractivity contribution in [2.75, 3.05) is 20.7 Å². The Hall–Kier alpha value is -1.59. The van der Waals surface area contributed by atoms with Gasteiger partial charge in [-0.1, -0.05) is 37.8 Å². The topological polar surface area (TPSA) is 53.6 Å². The molecule has 1 aromatic rings. The number of methoxy groups -OCH3 is 1. The number of hydrogen-bond acceptors (Lipinski definition) is 4. The molecule has 1 aliphatic carbocycles. The summed E-state index contributed by atoms with van der Waals surface area (Å²) in [5, 5.41) is 0. The van der Waals surface area contributed by atoms with Crippen molar-refractivity contribution in [2.45, 2.75) is 57.0 Å². The third-order valence-electron chi connectivity index (χ3n) is 5.68. The lowest BCUT2D eigenvalue weighted by molar-refractivity contribution is -0.131. The van der Waals surface area contributed by atoms with Crippen LogP contribution in [0.25, 0.3) is 0 Å². The molecule has 1 amide bonds. The average molecular weight is 345 g/mol. The molecule has 3 rings (SSSR count). The fourth-order valence-electron chi connectivity index (χ4n) is 4.07. The van der Waals surface area contributed by atoms with Gasteiger partial charge in [0.1, 0.15) is 11.8 Å². The summed E-state index contributed by atoms with van der Waals surface area (Å²) in [6.07, 6.45) is 8.72. The lowest BCUT2D eigenvalue weighted by Gasteiger charge is -2.21. The van der Waals surface area contributed by atoms with Crippen LogP contribution < -0.4 is 15.6 Å². The van der Waals surface area contributed by atoms with Crippen molar-refractivity contribution in [3.8, 4) is 5.75 Å². The van der Waals surface area contributed by atoms with Crippen LogP contribution in [0.1, 0.15) is 56.6 Å². The zero-order valence-electron chi connectivity index (χ0n) is 15.5. The molecule has 2 atom stereocenters. The molecule has 138 valence electrons. The maximum Gasteiger partial charge on any atom is 0.240 e. The largest absolute Gasteiger partial charge is 0.497 e. The molecule has 5 nitrogen and oxygen atoms in total. The van der Waals surface area contributed by atoms with Crippen molar-refractivity contribution in [1.29, 1.82) is 0 Å². The summed E-state index contributed by atoms with van der Waals surface area (Å²) in [5.74, 6) is 1.94. The Morgan fingerprint density at radius 2 is 1.92 bits per heavy atom. The van der Waals surface area contributed by atoms with E-state index in [2.05, 4.69) is 23.0 Å². The van der Waals surface area contributed by atoms with Gasteiger partial charge in [-0.2, -0.15) is 0 Å². The predicted octanol–water partition coefficient (Wildman–Crippen LogP) is 3.03. The first kappa shape index (κ1) is 18.2. The van der Waals surface area contributed by atoms with Crippen LogP contribution in [0.15, 0.2) is 24.3 Å². The van der Waals surface area contributed by atoms with Gasteiger partial charge >= 0.3 is 0 Å². The number of hydrogen-bond donors (Lipinski definition) is 2. The molecule has 0 spiro atoms. The molecule has 1 aliphatic heterocycles. The van der Waals surface area contributed by atoms with Gasteiger partial charge in [0, 0.05) is 19.6 Å². The highest BCUT2D eigenvalue weighted by Gasteiger charge is 2.31. The van der Waals surface area contributed by atoms with Gasteiger partial charge in [-0.3, -0.25) is 4.79 Å². The zero-order valence-corrected chi connectivity index (χ0v) is 15.5. The average Bonchev–Trinajstić information content (AvgIpc) is 3.33. The van der Waals surface area contributed by atoms with Gasteiger partial charge in [0.25, 0.3) is 0 Å². The first-order chi connectivity index (χ1) is 12.2. The van der Waals surface area contributed by atoms with Crippen LogP contribution in [-0.4, -0.2) is 37.6 Å². The van der Waals surface area contributed by atoms with Crippen LogP contribution in [0.2, 0.25) is 0 Å². The monoisotopic (exact) mass is 345 g/mol. The van der Waals surface area contributed by atoms with Crippen LogP contribution in [-0.2, 0) is 4.79 Å². The van der Waals surface area contributed by atoms with E-state index in [0.29, 0.717) is 0 Å². The minimum atomic E-state index is -0.149. The van der Waals surface area contributed by atoms with E-state index in [1.54, 1.807) is 7.11 Å². The van der Waals surface area contributed by atoms with E-state index in [0.717, 1.165) is 31.1 Å². The molecule has 2 N–H and O–H groups in total. The smallest absolute Gasteiger partial charge is 0.240 e. The van der Waals surface area contributed by atoms with Gasteiger partial charge < -0.3 is 9.64 Å². The number of nitrogens with one attached hydrogen (secondary N) is 2. The fourth-order valence-corrected chi connectivity index (χ4v) is 4.07. The van der Waals surface area contributed by atoms with Gasteiger partial charge in [0.2, 0.25) is 5.91 Å². The Morgan fingerprint density at radius 3 is 2.60 bits per heavy atom. The Balaban J connectivity index is 1.44. The summed E-state index contributed by atoms with van der Waals surface area (Å²) < 4.78 is 5.20. The van der Waals surface area contributed by atoms with E-state index in [-0.39, 0.29) is 18.0 Å². The first-order valence-electron chi connectivity index (χ1n) is 9.57. The summed E-state index contributed by atoms with van der Waals surface area (Å²) in [7, 11) is 3.60. The molecule has 1 heterocycles. The normalized spacial score (nSPS) is 23.8. The fraction of sp³-hybridized carbons (Fsp3) is 0.650. The van der Waals surface area contributed by atoms with E-state index in [1.807, 2.05) is 24.1 Å². The lowest BCUT2D eigenvalue weighted by Crippen LogP contribution is -2.44. The third-order valence-corrected chi connectivity index (χ3v) is 5.68. The molecule has 25 heavy (non-hydrogen) atoms. The van der Waals surface area contributed by atoms with Gasteiger partial charge in [-0.25, -0.2) is 10.9 Å². The van der Waals surface area contributed by atoms with E-state index in [4.69, 9.17) is 4.74 Å². The van der Waals surface area contributed by atoms with Crippen molar-refractivity contribution < 1.29 is 9.53 Å². The number of carbonyl (C=O) groups excluding carboxylic acids is 1. The van der Waals surface area contributed by atoms with Crippen LogP contribution in [0.3, 0.4) is 0 Å². The summed E-state index contributed by atoms with van der Waals surface area (Å²) in [6.45, 7) is 0.862. The highest BCUT2D eigenvalue weighted by molar-refractivity contribution is 5.82. The second-order valence-corrected chi connectivity index (χ2v) is 7.46. The highest BCUT2D eigenvalue weighted by Crippen LogP contribution is 2.29. The van der Waals surface area contributed by atoms with E-state index in [9.17, 15) is 4.79 Å². The molecule has 2 unspecified atom stereocenters. The summed E-state index contributed by atoms with van der Waals surface area (Å²) in [5.41, 5.74) is 7.61. The predicted molar refractivity (Wildman–Crippen MR) is 99.2 cm³/mol. The van der Waals surface area contributed by atoms with Crippen LogP contribution >= 0.6 is 0 Å². The molecule has 0 bridgehead atoms. The highest BCUT2D eigenvalue weighted by atomic mass is 16.5. The minimum Gasteiger partial charge on any atom is -0.497 e. The van der Waals surface area contributed by atoms with E-state index >= 15 is 0 Å². The SMILES string of the molecule is COc1ccc(C2CC(C(=O)N(C)CCCC3CCCC3)NN2)cc1. The Bertz CT molecular complexity index is 555. The minimum absolute atomic E-state index is 0.149. The van der Waals surface area contributed by atoms with Crippen LogP contribution in [0.5, 0.6) is 5.75 Å². The van der Waals surface area contributed by atoms with Gasteiger partial charge in [-0.15, -0.1) is 0 Å². The number of nitrogens with zero attached hydrogens (tertiary/aromatic N) is 1. The van der Waals surface area contributed by atoms with Crippen molar-refractivity contribution in [1.82, 2.24) is 15.8 Å². The molecule has 2 aliphatic rings. The molecule has 1 saturated carbocycles. The number of ether oxygens (including phenoxy) is 1. The summed E-state index contributed by atoms with van der Waals surface area (Å²) >= 11 is 0. The molecule has 1 aromatic carbocycles. The van der Waals surface area contributed by atoms with Crippen LogP contribution in [0, 0.1) is 5.92 Å². The number of hydrazine groups is 1. The molecule has 0 aromatic heterocycles. The lowest BCUT2D eigenvalue weighted by atomic mass is 10.0. The molecular weight excluding hydrogens is 314 g/mol. The molecule has 0 radical (unpaired) electrons. The first-order valence-corrected chi connectivity index (χ1v) is 9.57. The number of benzene rings is 1. The number of amides is 1.